The summed E-state index contributed by atoms with van der Waals surface area (Å²) < 4.78 is 0. The van der Waals surface area contributed by atoms with Gasteiger partial charge in [0, 0.05) is 10.7 Å². The minimum atomic E-state index is -0.0765. The maximum absolute atomic E-state index is 11.6. The summed E-state index contributed by atoms with van der Waals surface area (Å²) in [6.07, 6.45) is 0.865. The number of hydrogen-bond acceptors (Lipinski definition) is 3. The van der Waals surface area contributed by atoms with Crippen molar-refractivity contribution in [1.82, 2.24) is 5.32 Å². The number of anilines is 1. The molecule has 0 aromatic heterocycles. The first-order valence-electron chi connectivity index (χ1n) is 5.60. The molecule has 0 aliphatic heterocycles. The van der Waals surface area contributed by atoms with Crippen molar-refractivity contribution in [2.45, 2.75) is 13.3 Å². The van der Waals surface area contributed by atoms with E-state index in [0.29, 0.717) is 11.6 Å². The van der Waals surface area contributed by atoms with Crippen LogP contribution >= 0.6 is 11.6 Å². The molecule has 0 unspecified atom stereocenters. The van der Waals surface area contributed by atoms with Crippen molar-refractivity contribution >= 4 is 23.2 Å². The molecule has 17 heavy (non-hydrogen) atoms. The molecule has 0 spiro atoms. The molecule has 0 bridgehead atoms. The highest BCUT2D eigenvalue weighted by molar-refractivity contribution is 6.31. The highest BCUT2D eigenvalue weighted by Gasteiger charge is 2.04. The molecule has 4 nitrogen and oxygen atoms in total. The first-order valence-corrected chi connectivity index (χ1v) is 5.98. The Kier molecular flexibility index (Phi) is 5.97. The predicted molar refractivity (Wildman–Crippen MR) is 71.4 cm³/mol. The monoisotopic (exact) mass is 255 g/mol. The Morgan fingerprint density at radius 2 is 2.24 bits per heavy atom. The van der Waals surface area contributed by atoms with E-state index in [-0.39, 0.29) is 12.5 Å². The SMILES string of the molecule is Cc1ccc(Cl)cc1NC(=O)CNCCCN. The van der Waals surface area contributed by atoms with Gasteiger partial charge in [-0.05, 0) is 44.1 Å². The summed E-state index contributed by atoms with van der Waals surface area (Å²) in [4.78, 5) is 11.6. The number of carbonyl (C=O) groups is 1. The fraction of sp³-hybridized carbons (Fsp3) is 0.417. The van der Waals surface area contributed by atoms with E-state index in [1.807, 2.05) is 13.0 Å². The van der Waals surface area contributed by atoms with Crippen molar-refractivity contribution in [3.63, 3.8) is 0 Å². The van der Waals surface area contributed by atoms with E-state index in [0.717, 1.165) is 24.2 Å². The second-order valence-corrected chi connectivity index (χ2v) is 4.26. The second-order valence-electron chi connectivity index (χ2n) is 3.83. The van der Waals surface area contributed by atoms with Crippen LogP contribution in [0.4, 0.5) is 5.69 Å². The third kappa shape index (κ3) is 5.17. The summed E-state index contributed by atoms with van der Waals surface area (Å²) in [5, 5.41) is 6.44. The summed E-state index contributed by atoms with van der Waals surface area (Å²) >= 11 is 5.87. The normalized spacial score (nSPS) is 10.3. The molecular formula is C12H18ClN3O. The van der Waals surface area contributed by atoms with Crippen LogP contribution in [0.1, 0.15) is 12.0 Å². The van der Waals surface area contributed by atoms with Crippen LogP contribution in [-0.4, -0.2) is 25.5 Å². The Morgan fingerprint density at radius 1 is 1.47 bits per heavy atom. The second kappa shape index (κ2) is 7.27. The Bertz CT molecular complexity index is 382. The lowest BCUT2D eigenvalue weighted by Gasteiger charge is -2.09. The van der Waals surface area contributed by atoms with E-state index in [1.54, 1.807) is 12.1 Å². The zero-order valence-corrected chi connectivity index (χ0v) is 10.7. The molecule has 0 radical (unpaired) electrons. The van der Waals surface area contributed by atoms with Gasteiger partial charge in [-0.1, -0.05) is 17.7 Å². The van der Waals surface area contributed by atoms with Crippen LogP contribution in [0, 0.1) is 6.92 Å². The Morgan fingerprint density at radius 3 is 2.94 bits per heavy atom. The number of aryl methyl sites for hydroxylation is 1. The quantitative estimate of drug-likeness (QED) is 0.676. The Labute approximate surface area is 107 Å². The molecule has 5 heteroatoms. The van der Waals surface area contributed by atoms with Crippen molar-refractivity contribution in [3.05, 3.63) is 28.8 Å². The summed E-state index contributed by atoms with van der Waals surface area (Å²) in [7, 11) is 0. The van der Waals surface area contributed by atoms with Gasteiger partial charge < -0.3 is 16.4 Å². The van der Waals surface area contributed by atoms with Crippen LogP contribution in [-0.2, 0) is 4.79 Å². The van der Waals surface area contributed by atoms with Crippen LogP contribution in [0.25, 0.3) is 0 Å². The molecule has 0 heterocycles. The van der Waals surface area contributed by atoms with E-state index < -0.39 is 0 Å². The Balaban J connectivity index is 2.42. The van der Waals surface area contributed by atoms with Crippen LogP contribution in [0.2, 0.25) is 5.02 Å². The molecule has 4 N–H and O–H groups in total. The maximum Gasteiger partial charge on any atom is 0.238 e. The van der Waals surface area contributed by atoms with E-state index in [9.17, 15) is 4.79 Å². The van der Waals surface area contributed by atoms with Gasteiger partial charge >= 0.3 is 0 Å². The standard InChI is InChI=1S/C12H18ClN3O/c1-9-3-4-10(13)7-11(9)16-12(17)8-15-6-2-5-14/h3-4,7,15H,2,5-6,8,14H2,1H3,(H,16,17). The molecule has 1 aromatic rings. The van der Waals surface area contributed by atoms with Crippen molar-refractivity contribution in [1.29, 1.82) is 0 Å². The van der Waals surface area contributed by atoms with Crippen molar-refractivity contribution < 1.29 is 4.79 Å². The smallest absolute Gasteiger partial charge is 0.238 e. The minimum absolute atomic E-state index is 0.0765. The first-order chi connectivity index (χ1) is 8.13. The molecule has 94 valence electrons. The summed E-state index contributed by atoms with van der Waals surface area (Å²) in [6, 6.07) is 5.42. The molecule has 1 aromatic carbocycles. The van der Waals surface area contributed by atoms with Crippen LogP contribution in [0.5, 0.6) is 0 Å². The van der Waals surface area contributed by atoms with Crippen molar-refractivity contribution in [3.8, 4) is 0 Å². The number of rotatable bonds is 6. The van der Waals surface area contributed by atoms with Gasteiger partial charge in [-0.15, -0.1) is 0 Å². The highest BCUT2D eigenvalue weighted by atomic mass is 35.5. The van der Waals surface area contributed by atoms with Gasteiger partial charge in [-0.2, -0.15) is 0 Å². The molecule has 1 rings (SSSR count). The molecule has 0 atom stereocenters. The number of nitrogens with two attached hydrogens (primary N) is 1. The number of amides is 1. The first kappa shape index (κ1) is 14.0. The molecule has 0 aliphatic carbocycles. The Hall–Kier alpha value is -1.10. The molecule has 1 amide bonds. The fourth-order valence-electron chi connectivity index (χ4n) is 1.35. The summed E-state index contributed by atoms with van der Waals surface area (Å²) in [5.74, 6) is -0.0765. The topological polar surface area (TPSA) is 67.2 Å². The lowest BCUT2D eigenvalue weighted by atomic mass is 10.2. The van der Waals surface area contributed by atoms with Gasteiger partial charge in [0.1, 0.15) is 0 Å². The van der Waals surface area contributed by atoms with Gasteiger partial charge in [0.2, 0.25) is 5.91 Å². The number of nitrogens with one attached hydrogen (secondary N) is 2. The summed E-state index contributed by atoms with van der Waals surface area (Å²) in [5.41, 5.74) is 7.09. The maximum atomic E-state index is 11.6. The van der Waals surface area contributed by atoms with E-state index in [2.05, 4.69) is 10.6 Å². The average Bonchev–Trinajstić information content (AvgIpc) is 2.29. The molecular weight excluding hydrogens is 238 g/mol. The van der Waals surface area contributed by atoms with Gasteiger partial charge in [0.05, 0.1) is 6.54 Å². The third-order valence-corrected chi connectivity index (χ3v) is 2.55. The van der Waals surface area contributed by atoms with E-state index in [1.165, 1.54) is 0 Å². The van der Waals surface area contributed by atoms with Crippen molar-refractivity contribution in [2.24, 2.45) is 5.73 Å². The lowest BCUT2D eigenvalue weighted by molar-refractivity contribution is -0.115. The van der Waals surface area contributed by atoms with E-state index in [4.69, 9.17) is 17.3 Å². The van der Waals surface area contributed by atoms with Gasteiger partial charge in [-0.25, -0.2) is 0 Å². The largest absolute Gasteiger partial charge is 0.330 e. The molecule has 0 saturated carbocycles. The third-order valence-electron chi connectivity index (χ3n) is 2.32. The number of hydrogen-bond donors (Lipinski definition) is 3. The van der Waals surface area contributed by atoms with Gasteiger partial charge in [0.25, 0.3) is 0 Å². The number of benzene rings is 1. The van der Waals surface area contributed by atoms with Crippen LogP contribution in [0.15, 0.2) is 18.2 Å². The average molecular weight is 256 g/mol. The van der Waals surface area contributed by atoms with Crippen LogP contribution < -0.4 is 16.4 Å². The highest BCUT2D eigenvalue weighted by Crippen LogP contribution is 2.19. The number of halogens is 1. The zero-order chi connectivity index (χ0) is 12.7. The minimum Gasteiger partial charge on any atom is -0.330 e. The lowest BCUT2D eigenvalue weighted by Crippen LogP contribution is -2.29. The van der Waals surface area contributed by atoms with E-state index >= 15 is 0 Å². The fourth-order valence-corrected chi connectivity index (χ4v) is 1.52. The van der Waals surface area contributed by atoms with Crippen molar-refractivity contribution in [2.75, 3.05) is 25.0 Å². The summed E-state index contributed by atoms with van der Waals surface area (Å²) in [6.45, 7) is 3.58. The molecule has 0 fully saturated rings. The molecule has 0 aliphatic rings. The molecule has 0 saturated heterocycles. The zero-order valence-electron chi connectivity index (χ0n) is 9.92. The van der Waals surface area contributed by atoms with Crippen LogP contribution in [0.3, 0.4) is 0 Å². The predicted octanol–water partition coefficient (Wildman–Crippen LogP) is 1.53. The van der Waals surface area contributed by atoms with Gasteiger partial charge in [0.15, 0.2) is 0 Å². The van der Waals surface area contributed by atoms with Gasteiger partial charge in [-0.3, -0.25) is 4.79 Å². The number of carbonyl (C=O) groups excluding carboxylic acids is 1.